The number of esters is 1. The fourth-order valence-corrected chi connectivity index (χ4v) is 4.24. The van der Waals surface area contributed by atoms with Gasteiger partial charge in [0.1, 0.15) is 54.0 Å². The van der Waals surface area contributed by atoms with Crippen LogP contribution in [-0.4, -0.2) is 67.8 Å². The Bertz CT molecular complexity index is 1450. The van der Waals surface area contributed by atoms with Crippen LogP contribution < -0.4 is 9.47 Å². The molecular weight excluding hydrogens is 524 g/mol. The van der Waals surface area contributed by atoms with Crippen molar-refractivity contribution in [3.63, 3.8) is 0 Å². The molecule has 2 aliphatic rings. The second-order valence-corrected chi connectivity index (χ2v) is 9.20. The summed E-state index contributed by atoms with van der Waals surface area (Å²) in [6.45, 7) is -0.391. The van der Waals surface area contributed by atoms with E-state index in [4.69, 9.17) is 18.9 Å². The first-order valence-corrected chi connectivity index (χ1v) is 12.2. The van der Waals surface area contributed by atoms with Crippen LogP contribution in [0.15, 0.2) is 66.7 Å². The summed E-state index contributed by atoms with van der Waals surface area (Å²) >= 11 is 0. The molecule has 6 N–H and O–H groups in total. The minimum absolute atomic E-state index is 0.120. The van der Waals surface area contributed by atoms with Crippen LogP contribution in [-0.2, 0) is 14.3 Å². The number of hydrogen-bond acceptors (Lipinski definition) is 11. The molecule has 40 heavy (non-hydrogen) atoms. The summed E-state index contributed by atoms with van der Waals surface area (Å²) in [6, 6.07) is 13.2. The highest BCUT2D eigenvalue weighted by atomic mass is 16.7. The fraction of sp³-hybridized carbons (Fsp3) is 0.207. The Balaban J connectivity index is 1.22. The van der Waals surface area contributed by atoms with E-state index >= 15 is 0 Å². The highest BCUT2D eigenvalue weighted by Gasteiger charge is 2.45. The second-order valence-electron chi connectivity index (χ2n) is 9.20. The number of carbonyl (C=O) groups excluding carboxylic acids is 1. The molecule has 0 amide bonds. The van der Waals surface area contributed by atoms with Gasteiger partial charge in [-0.05, 0) is 53.6 Å². The number of benzene rings is 3. The van der Waals surface area contributed by atoms with Crippen LogP contribution >= 0.6 is 0 Å². The average molecular weight is 551 g/mol. The van der Waals surface area contributed by atoms with Gasteiger partial charge in [0.05, 0.1) is 5.56 Å². The maximum atomic E-state index is 12.1. The number of rotatable bonds is 7. The molecule has 2 heterocycles. The standard InChI is InChI=1S/C29H26O11/c30-17-5-3-16(4-6-17)22-9-7-19-23(38-22)12-18(31)13-24(19)39-29-28(36)27(35)25(40-29)14-37-26(34)10-2-15-1-8-20(32)21(33)11-15/h1-13,22,25,27-33,35-36H,14H2/b10-2+/t22?,25-,27-,28+,29+/m0/s1. The Morgan fingerprint density at radius 2 is 1.68 bits per heavy atom. The third-order valence-electron chi connectivity index (χ3n) is 6.37. The molecule has 1 fully saturated rings. The lowest BCUT2D eigenvalue weighted by atomic mass is 10.0. The summed E-state index contributed by atoms with van der Waals surface area (Å²) in [5.74, 6) is -1.02. The Hall–Kier alpha value is -4.71. The fourth-order valence-electron chi connectivity index (χ4n) is 4.24. The van der Waals surface area contributed by atoms with Crippen LogP contribution in [0.4, 0.5) is 0 Å². The molecule has 0 saturated carbocycles. The number of hydrogen-bond donors (Lipinski definition) is 6. The zero-order valence-electron chi connectivity index (χ0n) is 20.8. The number of ether oxygens (including phenoxy) is 4. The van der Waals surface area contributed by atoms with Crippen molar-refractivity contribution in [3.8, 4) is 34.5 Å². The maximum Gasteiger partial charge on any atom is 0.330 e. The first-order valence-electron chi connectivity index (χ1n) is 12.2. The smallest absolute Gasteiger partial charge is 0.330 e. The Labute approximate surface area is 228 Å². The summed E-state index contributed by atoms with van der Waals surface area (Å²) in [4.78, 5) is 12.1. The van der Waals surface area contributed by atoms with Gasteiger partial charge in [-0.3, -0.25) is 0 Å². The van der Waals surface area contributed by atoms with Crippen molar-refractivity contribution in [2.24, 2.45) is 0 Å². The van der Waals surface area contributed by atoms with Crippen LogP contribution in [0.2, 0.25) is 0 Å². The summed E-state index contributed by atoms with van der Waals surface area (Å²) in [5.41, 5.74) is 1.69. The molecule has 0 aliphatic carbocycles. The first-order chi connectivity index (χ1) is 19.2. The van der Waals surface area contributed by atoms with E-state index in [2.05, 4.69) is 0 Å². The molecule has 11 nitrogen and oxygen atoms in total. The van der Waals surface area contributed by atoms with E-state index in [0.717, 1.165) is 11.6 Å². The minimum Gasteiger partial charge on any atom is -0.508 e. The molecule has 208 valence electrons. The lowest BCUT2D eigenvalue weighted by Gasteiger charge is -2.25. The molecule has 3 aromatic carbocycles. The highest BCUT2D eigenvalue weighted by Crippen LogP contribution is 2.42. The van der Waals surface area contributed by atoms with Gasteiger partial charge in [0.15, 0.2) is 11.5 Å². The van der Waals surface area contributed by atoms with E-state index in [0.29, 0.717) is 16.9 Å². The lowest BCUT2D eigenvalue weighted by Crippen LogP contribution is -2.36. The maximum absolute atomic E-state index is 12.1. The number of fused-ring (bicyclic) bond motifs is 1. The number of aliphatic hydroxyl groups excluding tert-OH is 2. The quantitative estimate of drug-likeness (QED) is 0.145. The molecule has 0 aromatic heterocycles. The van der Waals surface area contributed by atoms with Gasteiger partial charge in [-0.2, -0.15) is 0 Å². The summed E-state index contributed by atoms with van der Waals surface area (Å²) < 4.78 is 22.5. The van der Waals surface area contributed by atoms with Crippen molar-refractivity contribution in [2.75, 3.05) is 6.61 Å². The van der Waals surface area contributed by atoms with Crippen molar-refractivity contribution in [3.05, 3.63) is 83.4 Å². The van der Waals surface area contributed by atoms with Gasteiger partial charge in [0.25, 0.3) is 0 Å². The predicted octanol–water partition coefficient (Wildman–Crippen LogP) is 2.74. The highest BCUT2D eigenvalue weighted by molar-refractivity contribution is 5.87. The SMILES string of the molecule is O=C(/C=C/c1ccc(O)c(O)c1)OC[C@@H]1O[C@@H](Oc2cc(O)cc3c2C=CC(c2ccc(O)cc2)O3)[C@H](O)[C@H]1O. The van der Waals surface area contributed by atoms with Crippen LogP contribution in [0.25, 0.3) is 12.2 Å². The summed E-state index contributed by atoms with van der Waals surface area (Å²) in [7, 11) is 0. The number of phenolic OH excluding ortho intramolecular Hbond substituents is 4. The van der Waals surface area contributed by atoms with Crippen molar-refractivity contribution in [2.45, 2.75) is 30.7 Å². The number of aliphatic hydroxyl groups is 2. The third-order valence-corrected chi connectivity index (χ3v) is 6.37. The van der Waals surface area contributed by atoms with Crippen molar-refractivity contribution in [1.29, 1.82) is 0 Å². The molecule has 2 aliphatic heterocycles. The van der Waals surface area contributed by atoms with Crippen LogP contribution in [0.3, 0.4) is 0 Å². The van der Waals surface area contributed by atoms with Gasteiger partial charge in [-0.1, -0.05) is 18.2 Å². The van der Waals surface area contributed by atoms with Crippen LogP contribution in [0.1, 0.15) is 22.8 Å². The zero-order chi connectivity index (χ0) is 28.4. The normalized spacial score (nSPS) is 23.5. The monoisotopic (exact) mass is 550 g/mol. The molecule has 0 spiro atoms. The predicted molar refractivity (Wildman–Crippen MR) is 140 cm³/mol. The zero-order valence-corrected chi connectivity index (χ0v) is 20.8. The summed E-state index contributed by atoms with van der Waals surface area (Å²) in [5, 5.41) is 59.6. The molecular formula is C29H26O11. The molecule has 1 unspecified atom stereocenters. The van der Waals surface area contributed by atoms with Gasteiger partial charge in [-0.25, -0.2) is 4.79 Å². The Kier molecular flexibility index (Phi) is 7.52. The van der Waals surface area contributed by atoms with E-state index in [1.165, 1.54) is 48.5 Å². The van der Waals surface area contributed by atoms with Gasteiger partial charge in [-0.15, -0.1) is 0 Å². The van der Waals surface area contributed by atoms with Gasteiger partial charge in [0, 0.05) is 18.2 Å². The van der Waals surface area contributed by atoms with Crippen molar-refractivity contribution in [1.82, 2.24) is 0 Å². The first kappa shape index (κ1) is 26.9. The van der Waals surface area contributed by atoms with Crippen LogP contribution in [0, 0.1) is 0 Å². The third kappa shape index (κ3) is 5.81. The molecule has 5 atom stereocenters. The molecule has 0 radical (unpaired) electrons. The molecule has 3 aromatic rings. The molecule has 5 rings (SSSR count). The van der Waals surface area contributed by atoms with E-state index in [1.807, 2.05) is 0 Å². The van der Waals surface area contributed by atoms with Crippen LogP contribution in [0.5, 0.6) is 34.5 Å². The molecule has 11 heteroatoms. The summed E-state index contributed by atoms with van der Waals surface area (Å²) in [6.07, 6.45) is 0.0832. The van der Waals surface area contributed by atoms with Crippen molar-refractivity contribution < 1.29 is 54.4 Å². The Morgan fingerprint density at radius 1 is 0.900 bits per heavy atom. The van der Waals surface area contributed by atoms with Gasteiger partial charge in [0.2, 0.25) is 6.29 Å². The minimum atomic E-state index is -1.49. The lowest BCUT2D eigenvalue weighted by molar-refractivity contribution is -0.149. The largest absolute Gasteiger partial charge is 0.508 e. The van der Waals surface area contributed by atoms with Gasteiger partial charge >= 0.3 is 5.97 Å². The van der Waals surface area contributed by atoms with Crippen molar-refractivity contribution >= 4 is 18.1 Å². The second kappa shape index (κ2) is 11.2. The number of carbonyl (C=O) groups is 1. The average Bonchev–Trinajstić information content (AvgIpc) is 3.20. The van der Waals surface area contributed by atoms with Gasteiger partial charge < -0.3 is 49.6 Å². The van der Waals surface area contributed by atoms with E-state index in [-0.39, 0.29) is 28.7 Å². The van der Waals surface area contributed by atoms with E-state index < -0.39 is 43.3 Å². The number of aromatic hydroxyl groups is 4. The van der Waals surface area contributed by atoms with E-state index in [9.17, 15) is 35.4 Å². The topological polar surface area (TPSA) is 175 Å². The Morgan fingerprint density at radius 3 is 2.42 bits per heavy atom. The van der Waals surface area contributed by atoms with E-state index in [1.54, 1.807) is 24.3 Å². The molecule has 0 bridgehead atoms. The molecule has 1 saturated heterocycles. The number of phenols is 4.